The molecule has 2 aromatic heterocycles. The molecule has 9 nitrogen and oxygen atoms in total. The zero-order chi connectivity index (χ0) is 24.6. The van der Waals surface area contributed by atoms with Crippen LogP contribution in [0, 0.1) is 19.7 Å². The van der Waals surface area contributed by atoms with Gasteiger partial charge in [-0.3, -0.25) is 19.1 Å². The van der Waals surface area contributed by atoms with E-state index in [-0.39, 0.29) is 23.4 Å². The first-order chi connectivity index (χ1) is 16.2. The summed E-state index contributed by atoms with van der Waals surface area (Å²) in [6.07, 6.45) is 0. The lowest BCUT2D eigenvalue weighted by Crippen LogP contribution is -2.21. The number of primary amides is 2. The Balaban J connectivity index is 1.82. The highest BCUT2D eigenvalue weighted by atomic mass is 19.1. The van der Waals surface area contributed by atoms with Gasteiger partial charge in [-0.25, -0.2) is 9.37 Å². The molecule has 0 aliphatic rings. The van der Waals surface area contributed by atoms with Crippen molar-refractivity contribution < 1.29 is 18.8 Å². The number of nitrogens with zero attached hydrogens (tertiary/aromatic N) is 3. The van der Waals surface area contributed by atoms with E-state index in [9.17, 15) is 18.8 Å². The zero-order valence-electron chi connectivity index (χ0n) is 18.4. The van der Waals surface area contributed by atoms with Gasteiger partial charge >= 0.3 is 0 Å². The van der Waals surface area contributed by atoms with E-state index in [0.717, 1.165) is 0 Å². The highest BCUT2D eigenvalue weighted by molar-refractivity contribution is 6.15. The number of amides is 3. The quantitative estimate of drug-likeness (QED) is 0.405. The minimum atomic E-state index is -0.830. The van der Waals surface area contributed by atoms with Crippen molar-refractivity contribution in [1.82, 2.24) is 14.8 Å². The van der Waals surface area contributed by atoms with Crippen LogP contribution in [0.4, 0.5) is 10.1 Å². The molecule has 0 saturated heterocycles. The van der Waals surface area contributed by atoms with Gasteiger partial charge < -0.3 is 16.8 Å². The predicted octanol–water partition coefficient (Wildman–Crippen LogP) is 2.69. The van der Waals surface area contributed by atoms with Crippen molar-refractivity contribution in [2.75, 3.05) is 5.32 Å². The number of halogens is 1. The number of carbonyl (C=O) groups is 3. The molecule has 2 heterocycles. The van der Waals surface area contributed by atoms with E-state index < -0.39 is 23.5 Å². The fourth-order valence-corrected chi connectivity index (χ4v) is 3.97. The Morgan fingerprint density at radius 3 is 2.29 bits per heavy atom. The molecule has 34 heavy (non-hydrogen) atoms. The Labute approximate surface area is 193 Å². The third kappa shape index (κ3) is 4.08. The van der Waals surface area contributed by atoms with Crippen LogP contribution in [0.15, 0.2) is 48.5 Å². The van der Waals surface area contributed by atoms with E-state index in [4.69, 9.17) is 11.5 Å². The molecule has 0 aliphatic heterocycles. The molecule has 0 aliphatic carbocycles. The molecular weight excluding hydrogens is 439 g/mol. The fraction of sp³-hybridized carbons (Fsp3) is 0.125. The molecule has 10 heteroatoms. The van der Waals surface area contributed by atoms with Gasteiger partial charge in [0.25, 0.3) is 5.91 Å². The van der Waals surface area contributed by atoms with Crippen LogP contribution in [0.5, 0.6) is 0 Å². The third-order valence-corrected chi connectivity index (χ3v) is 5.43. The Morgan fingerprint density at radius 2 is 1.65 bits per heavy atom. The number of aryl methyl sites for hydroxylation is 1. The van der Waals surface area contributed by atoms with Gasteiger partial charge in [0.05, 0.1) is 16.8 Å². The number of anilines is 1. The maximum atomic E-state index is 13.1. The number of fused-ring (bicyclic) bond motifs is 1. The second kappa shape index (κ2) is 8.74. The molecular formula is C24H21FN6O3. The minimum absolute atomic E-state index is 0.0981. The summed E-state index contributed by atoms with van der Waals surface area (Å²) in [6.45, 7) is 3.22. The lowest BCUT2D eigenvalue weighted by atomic mass is 9.92. The van der Waals surface area contributed by atoms with Crippen LogP contribution < -0.4 is 16.8 Å². The standard InChI is InChI=1S/C24H21FN6O3/c1-12-19(13(2)31(30-12)11-18(32)28-15-9-7-14(25)8-10-15)21-20(23(26)33)16-5-3-4-6-17(16)29-22(21)24(27)34/h3-10H,11H2,1-2H3,(H2,26,33)(H2,27,34)(H,28,32). The van der Waals surface area contributed by atoms with Crippen LogP contribution >= 0.6 is 0 Å². The summed E-state index contributed by atoms with van der Waals surface area (Å²) in [4.78, 5) is 41.8. The van der Waals surface area contributed by atoms with Crippen molar-refractivity contribution in [3.8, 4) is 11.1 Å². The Kier molecular flexibility index (Phi) is 5.80. The largest absolute Gasteiger partial charge is 0.366 e. The number of rotatable bonds is 6. The number of aromatic nitrogens is 3. The lowest BCUT2D eigenvalue weighted by Gasteiger charge is -2.14. The molecule has 0 fully saturated rings. The molecule has 4 aromatic rings. The first-order valence-electron chi connectivity index (χ1n) is 10.3. The van der Waals surface area contributed by atoms with Crippen LogP contribution in [0.25, 0.3) is 22.0 Å². The number of nitrogens with one attached hydrogen (secondary N) is 1. The van der Waals surface area contributed by atoms with Gasteiger partial charge in [0.2, 0.25) is 11.8 Å². The summed E-state index contributed by atoms with van der Waals surface area (Å²) in [7, 11) is 0. The van der Waals surface area contributed by atoms with Gasteiger partial charge in [-0.2, -0.15) is 5.10 Å². The second-order valence-electron chi connectivity index (χ2n) is 7.71. The van der Waals surface area contributed by atoms with Crippen LogP contribution in [0.2, 0.25) is 0 Å². The summed E-state index contributed by atoms with van der Waals surface area (Å²) >= 11 is 0. The van der Waals surface area contributed by atoms with Crippen molar-refractivity contribution in [3.63, 3.8) is 0 Å². The number of hydrogen-bond acceptors (Lipinski definition) is 5. The first-order valence-corrected chi connectivity index (χ1v) is 10.3. The average molecular weight is 460 g/mol. The average Bonchev–Trinajstić information content (AvgIpc) is 3.06. The molecule has 5 N–H and O–H groups in total. The predicted molar refractivity (Wildman–Crippen MR) is 125 cm³/mol. The number of nitrogens with two attached hydrogens (primary N) is 2. The number of para-hydroxylation sites is 1. The Morgan fingerprint density at radius 1 is 0.971 bits per heavy atom. The van der Waals surface area contributed by atoms with E-state index in [1.807, 2.05) is 0 Å². The Bertz CT molecular complexity index is 1460. The van der Waals surface area contributed by atoms with Crippen LogP contribution in [-0.2, 0) is 11.3 Å². The Hall–Kier alpha value is -4.60. The van der Waals surface area contributed by atoms with E-state index in [2.05, 4.69) is 15.4 Å². The molecule has 4 rings (SSSR count). The highest BCUT2D eigenvalue weighted by Crippen LogP contribution is 2.36. The summed E-state index contributed by atoms with van der Waals surface area (Å²) in [5.41, 5.74) is 13.7. The molecule has 0 bridgehead atoms. The van der Waals surface area contributed by atoms with Crippen LogP contribution in [0.3, 0.4) is 0 Å². The van der Waals surface area contributed by atoms with Gasteiger partial charge in [-0.1, -0.05) is 18.2 Å². The smallest absolute Gasteiger partial charge is 0.267 e. The minimum Gasteiger partial charge on any atom is -0.366 e. The summed E-state index contributed by atoms with van der Waals surface area (Å²) in [6, 6.07) is 12.1. The molecule has 3 amide bonds. The summed E-state index contributed by atoms with van der Waals surface area (Å²) in [5, 5.41) is 7.56. The molecule has 0 unspecified atom stereocenters. The molecule has 0 atom stereocenters. The third-order valence-electron chi connectivity index (χ3n) is 5.43. The number of pyridine rings is 1. The molecule has 2 aromatic carbocycles. The highest BCUT2D eigenvalue weighted by Gasteiger charge is 2.27. The van der Waals surface area contributed by atoms with Crippen molar-refractivity contribution in [1.29, 1.82) is 0 Å². The van der Waals surface area contributed by atoms with Crippen molar-refractivity contribution in [2.24, 2.45) is 11.5 Å². The zero-order valence-corrected chi connectivity index (χ0v) is 18.4. The van der Waals surface area contributed by atoms with Gasteiger partial charge in [-0.15, -0.1) is 0 Å². The van der Waals surface area contributed by atoms with Crippen molar-refractivity contribution >= 4 is 34.3 Å². The molecule has 0 spiro atoms. The van der Waals surface area contributed by atoms with Crippen LogP contribution in [-0.4, -0.2) is 32.5 Å². The molecule has 0 radical (unpaired) electrons. The topological polar surface area (TPSA) is 146 Å². The second-order valence-corrected chi connectivity index (χ2v) is 7.71. The van der Waals surface area contributed by atoms with Gasteiger partial charge in [-0.05, 0) is 44.2 Å². The van der Waals surface area contributed by atoms with E-state index in [1.54, 1.807) is 38.1 Å². The fourth-order valence-electron chi connectivity index (χ4n) is 3.97. The number of hydrogen-bond donors (Lipinski definition) is 3. The van der Waals surface area contributed by atoms with Gasteiger partial charge in [0, 0.05) is 27.9 Å². The van der Waals surface area contributed by atoms with Crippen LogP contribution in [0.1, 0.15) is 32.2 Å². The van der Waals surface area contributed by atoms with Gasteiger partial charge in [0.1, 0.15) is 18.1 Å². The first kappa shape index (κ1) is 22.6. The number of carbonyl (C=O) groups excluding carboxylic acids is 3. The SMILES string of the molecule is Cc1nn(CC(=O)Nc2ccc(F)cc2)c(C)c1-c1c(C(N)=O)nc2ccccc2c1C(N)=O. The van der Waals surface area contributed by atoms with E-state index in [1.165, 1.54) is 28.9 Å². The number of benzene rings is 2. The van der Waals surface area contributed by atoms with E-state index >= 15 is 0 Å². The summed E-state index contributed by atoms with van der Waals surface area (Å²) in [5.74, 6) is -2.40. The maximum absolute atomic E-state index is 13.1. The van der Waals surface area contributed by atoms with Crippen molar-refractivity contribution in [2.45, 2.75) is 20.4 Å². The molecule has 0 saturated carbocycles. The van der Waals surface area contributed by atoms with E-state index in [0.29, 0.717) is 33.5 Å². The normalized spacial score (nSPS) is 10.9. The molecule has 172 valence electrons. The van der Waals surface area contributed by atoms with Gasteiger partial charge in [0.15, 0.2) is 0 Å². The summed E-state index contributed by atoms with van der Waals surface area (Å²) < 4.78 is 14.5. The van der Waals surface area contributed by atoms with Crippen molar-refractivity contribution in [3.05, 3.63) is 77.0 Å². The maximum Gasteiger partial charge on any atom is 0.267 e. The monoisotopic (exact) mass is 460 g/mol. The lowest BCUT2D eigenvalue weighted by molar-refractivity contribution is -0.116.